The number of rotatable bonds is 6. The number of hydrogen-bond donors (Lipinski definition) is 1. The molecule has 3 aromatic rings. The van der Waals surface area contributed by atoms with Crippen LogP contribution in [-0.4, -0.2) is 41.8 Å². The van der Waals surface area contributed by atoms with E-state index in [1.54, 1.807) is 25.4 Å². The third-order valence-electron chi connectivity index (χ3n) is 4.11. The third kappa shape index (κ3) is 4.07. The summed E-state index contributed by atoms with van der Waals surface area (Å²) in [6, 6.07) is 2.42. The Morgan fingerprint density at radius 3 is 2.74 bits per heavy atom. The number of aryl methyl sites for hydroxylation is 1. The number of carbonyl (C=O) groups is 1. The van der Waals surface area contributed by atoms with Crippen LogP contribution in [0.5, 0.6) is 0 Å². The van der Waals surface area contributed by atoms with Crippen LogP contribution >= 0.6 is 0 Å². The van der Waals surface area contributed by atoms with E-state index in [9.17, 15) is 18.0 Å². The first-order valence-electron chi connectivity index (χ1n) is 8.38. The number of aromatic nitrogens is 6. The molecule has 0 radical (unpaired) electrons. The summed E-state index contributed by atoms with van der Waals surface area (Å²) in [4.78, 5) is 20.2. The second-order valence-corrected chi connectivity index (χ2v) is 6.02. The fraction of sp³-hybridized carbons (Fsp3) is 0.438. The summed E-state index contributed by atoms with van der Waals surface area (Å²) in [6.07, 6.45) is -0.317. The van der Waals surface area contributed by atoms with Gasteiger partial charge >= 0.3 is 6.18 Å². The van der Waals surface area contributed by atoms with Gasteiger partial charge in [0.2, 0.25) is 5.82 Å². The van der Waals surface area contributed by atoms with Gasteiger partial charge in [0.1, 0.15) is 0 Å². The molecule has 0 aliphatic rings. The van der Waals surface area contributed by atoms with Gasteiger partial charge in [-0.3, -0.25) is 9.48 Å². The molecule has 11 heteroatoms. The van der Waals surface area contributed by atoms with Crippen LogP contribution < -0.4 is 5.32 Å². The maximum atomic E-state index is 12.8. The molecular weight excluding hydrogens is 363 g/mol. The first-order chi connectivity index (χ1) is 12.8. The van der Waals surface area contributed by atoms with Gasteiger partial charge in [-0.05, 0) is 31.9 Å². The molecule has 1 N–H and O–H groups in total. The van der Waals surface area contributed by atoms with Crippen molar-refractivity contribution in [3.63, 3.8) is 0 Å². The Labute approximate surface area is 152 Å². The Kier molecular flexibility index (Phi) is 5.10. The highest BCUT2D eigenvalue weighted by Gasteiger charge is 2.35. The van der Waals surface area contributed by atoms with Gasteiger partial charge in [0.05, 0.1) is 6.04 Å². The zero-order chi connectivity index (χ0) is 19.6. The minimum atomic E-state index is -4.48. The van der Waals surface area contributed by atoms with E-state index in [1.807, 2.05) is 6.92 Å². The van der Waals surface area contributed by atoms with Crippen molar-refractivity contribution in [2.45, 2.75) is 38.9 Å². The second-order valence-electron chi connectivity index (χ2n) is 6.02. The quantitative estimate of drug-likeness (QED) is 0.708. The zero-order valence-corrected chi connectivity index (χ0v) is 14.7. The van der Waals surface area contributed by atoms with Crippen molar-refractivity contribution < 1.29 is 18.0 Å². The molecule has 0 fully saturated rings. The van der Waals surface area contributed by atoms with E-state index in [0.29, 0.717) is 24.3 Å². The molecule has 0 aromatic carbocycles. The number of carbonyl (C=O) groups excluding carboxylic acids is 1. The lowest BCUT2D eigenvalue weighted by molar-refractivity contribution is -0.141. The number of nitrogens with one attached hydrogen (secondary N) is 1. The lowest BCUT2D eigenvalue weighted by Crippen LogP contribution is -2.28. The highest BCUT2D eigenvalue weighted by Crippen LogP contribution is 2.30. The van der Waals surface area contributed by atoms with Crippen molar-refractivity contribution in [3.8, 4) is 0 Å². The molecule has 0 spiro atoms. The molecular formula is C16H18F3N7O. The van der Waals surface area contributed by atoms with Gasteiger partial charge in [0.15, 0.2) is 5.69 Å². The van der Waals surface area contributed by atoms with Gasteiger partial charge in [0.25, 0.3) is 11.7 Å². The van der Waals surface area contributed by atoms with Crippen LogP contribution in [-0.2, 0) is 6.18 Å². The molecule has 0 bridgehead atoms. The normalized spacial score (nSPS) is 13.1. The van der Waals surface area contributed by atoms with Crippen LogP contribution in [0.1, 0.15) is 47.8 Å². The van der Waals surface area contributed by atoms with Crippen molar-refractivity contribution in [1.29, 1.82) is 0 Å². The molecule has 144 valence electrons. The summed E-state index contributed by atoms with van der Waals surface area (Å²) in [5.74, 6) is -0.180. The molecule has 3 aromatic heterocycles. The molecule has 3 heterocycles. The molecule has 0 aliphatic heterocycles. The first-order valence-corrected chi connectivity index (χ1v) is 8.38. The lowest BCUT2D eigenvalue weighted by Gasteiger charge is -2.17. The number of nitrogens with zero attached hydrogens (tertiary/aromatic N) is 6. The number of hydrogen-bond acceptors (Lipinski definition) is 5. The van der Waals surface area contributed by atoms with Crippen LogP contribution in [0.4, 0.5) is 13.2 Å². The Bertz CT molecular complexity index is 914. The molecule has 0 aliphatic carbocycles. The van der Waals surface area contributed by atoms with Crippen molar-refractivity contribution in [1.82, 2.24) is 34.7 Å². The molecule has 1 amide bonds. The highest BCUT2D eigenvalue weighted by atomic mass is 19.4. The fourth-order valence-electron chi connectivity index (χ4n) is 2.76. The van der Waals surface area contributed by atoms with E-state index >= 15 is 0 Å². The predicted molar refractivity (Wildman–Crippen MR) is 89.0 cm³/mol. The average molecular weight is 381 g/mol. The summed E-state index contributed by atoms with van der Waals surface area (Å²) >= 11 is 0. The predicted octanol–water partition coefficient (Wildman–Crippen LogP) is 2.42. The SMILES string of the molecule is CCC(CCNC(=O)c1nc2ncccn2n1)n1nc(C(F)(F)F)cc1C. The number of fused-ring (bicyclic) bond motifs is 1. The van der Waals surface area contributed by atoms with Crippen LogP contribution in [0.2, 0.25) is 0 Å². The van der Waals surface area contributed by atoms with Gasteiger partial charge in [-0.15, -0.1) is 5.10 Å². The van der Waals surface area contributed by atoms with Gasteiger partial charge in [-0.2, -0.15) is 23.3 Å². The van der Waals surface area contributed by atoms with E-state index in [0.717, 1.165) is 6.07 Å². The summed E-state index contributed by atoms with van der Waals surface area (Å²) in [5.41, 5.74) is -0.488. The van der Waals surface area contributed by atoms with Crippen molar-refractivity contribution in [2.75, 3.05) is 6.54 Å². The Morgan fingerprint density at radius 2 is 2.11 bits per heavy atom. The maximum Gasteiger partial charge on any atom is 0.435 e. The number of alkyl halides is 3. The molecule has 1 atom stereocenters. The number of amides is 1. The average Bonchev–Trinajstić information content (AvgIpc) is 3.22. The smallest absolute Gasteiger partial charge is 0.349 e. The van der Waals surface area contributed by atoms with Crippen LogP contribution in [0.25, 0.3) is 5.78 Å². The summed E-state index contributed by atoms with van der Waals surface area (Å²) < 4.78 is 41.2. The largest absolute Gasteiger partial charge is 0.435 e. The molecule has 8 nitrogen and oxygen atoms in total. The van der Waals surface area contributed by atoms with Gasteiger partial charge in [-0.25, -0.2) is 9.50 Å². The van der Waals surface area contributed by atoms with E-state index in [1.165, 1.54) is 9.20 Å². The number of halogens is 3. The van der Waals surface area contributed by atoms with Crippen LogP contribution in [0.3, 0.4) is 0 Å². The van der Waals surface area contributed by atoms with Crippen LogP contribution in [0.15, 0.2) is 24.5 Å². The summed E-state index contributed by atoms with van der Waals surface area (Å²) in [5, 5.41) is 10.4. The second kappa shape index (κ2) is 7.33. The minimum absolute atomic E-state index is 0.0172. The minimum Gasteiger partial charge on any atom is -0.349 e. The van der Waals surface area contributed by atoms with E-state index in [4.69, 9.17) is 0 Å². The van der Waals surface area contributed by atoms with Crippen molar-refractivity contribution in [3.05, 3.63) is 41.7 Å². The molecule has 1 unspecified atom stereocenters. The van der Waals surface area contributed by atoms with E-state index < -0.39 is 17.8 Å². The van der Waals surface area contributed by atoms with Crippen LogP contribution in [0, 0.1) is 6.92 Å². The highest BCUT2D eigenvalue weighted by molar-refractivity contribution is 5.90. The standard InChI is InChI=1S/C16H18F3N7O/c1-3-11(26-10(2)9-12(23-26)16(17,18)19)5-7-20-14(27)13-22-15-21-6-4-8-25(15)24-13/h4,6,8-9,11H,3,5,7H2,1-2H3,(H,20,27). The van der Waals surface area contributed by atoms with E-state index in [-0.39, 0.29) is 18.4 Å². The van der Waals surface area contributed by atoms with Gasteiger partial charge < -0.3 is 5.32 Å². The maximum absolute atomic E-state index is 12.8. The first kappa shape index (κ1) is 18.8. The van der Waals surface area contributed by atoms with Crippen molar-refractivity contribution in [2.24, 2.45) is 0 Å². The Hall–Kier alpha value is -2.98. The topological polar surface area (TPSA) is 90.0 Å². The molecule has 27 heavy (non-hydrogen) atoms. The third-order valence-corrected chi connectivity index (χ3v) is 4.11. The van der Waals surface area contributed by atoms with Gasteiger partial charge in [0, 0.05) is 24.6 Å². The Balaban J connectivity index is 1.63. The molecule has 0 saturated heterocycles. The molecule has 3 rings (SSSR count). The zero-order valence-electron chi connectivity index (χ0n) is 14.7. The van der Waals surface area contributed by atoms with Crippen molar-refractivity contribution >= 4 is 11.7 Å². The summed E-state index contributed by atoms with van der Waals surface area (Å²) in [6.45, 7) is 3.69. The van der Waals surface area contributed by atoms with E-state index in [2.05, 4.69) is 25.5 Å². The van der Waals surface area contributed by atoms with Gasteiger partial charge in [-0.1, -0.05) is 6.92 Å². The Morgan fingerprint density at radius 1 is 1.33 bits per heavy atom. The lowest BCUT2D eigenvalue weighted by atomic mass is 10.1. The fourth-order valence-corrected chi connectivity index (χ4v) is 2.76. The molecule has 0 saturated carbocycles. The monoisotopic (exact) mass is 381 g/mol. The summed E-state index contributed by atoms with van der Waals surface area (Å²) in [7, 11) is 0.